The fourth-order valence-corrected chi connectivity index (χ4v) is 5.18. The van der Waals surface area contributed by atoms with Gasteiger partial charge in [-0.25, -0.2) is 0 Å². The summed E-state index contributed by atoms with van der Waals surface area (Å²) in [5, 5.41) is 17.9. The number of anilines is 2. The van der Waals surface area contributed by atoms with Gasteiger partial charge in [0.2, 0.25) is 5.91 Å². The smallest absolute Gasteiger partial charge is 0.273 e. The van der Waals surface area contributed by atoms with Crippen LogP contribution in [0.2, 0.25) is 0 Å². The SMILES string of the molecule is COCC(=O)Nc1cc(N2C(=S)N[C@H](c3ccccn3)[C@@H]2c2ccc(-c3ccc([N+](=O)[O-])cc3OC)o2)ccc1OC. The quantitative estimate of drug-likeness (QED) is 0.146. The summed E-state index contributed by atoms with van der Waals surface area (Å²) in [6, 6.07) is 18.0. The standard InChI is InChI=1S/C29H27N5O7S/c1-38-16-26(35)31-21-14-17(8-10-23(21)39-2)33-28(27(32-29(33)42)20-6-4-5-13-30-20)24-12-11-22(41-24)19-9-7-18(34(36)37)15-25(19)40-3/h4-15,27-28H,16H2,1-3H3,(H,31,35)(H,32,42)/t27-,28+/m1/s1. The number of thiocarbonyl (C=S) groups is 1. The van der Waals surface area contributed by atoms with E-state index >= 15 is 0 Å². The van der Waals surface area contributed by atoms with Crippen molar-refractivity contribution in [3.05, 3.63) is 94.5 Å². The molecule has 1 saturated heterocycles. The molecule has 0 radical (unpaired) electrons. The maximum Gasteiger partial charge on any atom is 0.273 e. The van der Waals surface area contributed by atoms with Gasteiger partial charge in [-0.3, -0.25) is 19.9 Å². The van der Waals surface area contributed by atoms with Gasteiger partial charge in [-0.2, -0.15) is 0 Å². The first-order valence-electron chi connectivity index (χ1n) is 12.7. The second-order valence-corrected chi connectivity index (χ2v) is 9.59. The lowest BCUT2D eigenvalue weighted by molar-refractivity contribution is -0.384. The van der Waals surface area contributed by atoms with E-state index in [1.165, 1.54) is 33.5 Å². The Morgan fingerprint density at radius 1 is 1.10 bits per heavy atom. The summed E-state index contributed by atoms with van der Waals surface area (Å²) in [6.45, 7) is -0.122. The van der Waals surface area contributed by atoms with Crippen LogP contribution in [0.15, 0.2) is 77.3 Å². The molecule has 5 rings (SSSR count). The fourth-order valence-electron chi connectivity index (χ4n) is 4.84. The highest BCUT2D eigenvalue weighted by Crippen LogP contribution is 2.45. The zero-order valence-corrected chi connectivity index (χ0v) is 23.7. The van der Waals surface area contributed by atoms with Crippen LogP contribution in [0.1, 0.15) is 23.5 Å². The highest BCUT2D eigenvalue weighted by molar-refractivity contribution is 7.80. The second-order valence-electron chi connectivity index (χ2n) is 9.21. The molecule has 216 valence electrons. The van der Waals surface area contributed by atoms with Crippen LogP contribution in [0.5, 0.6) is 11.5 Å². The molecule has 0 bridgehead atoms. The van der Waals surface area contributed by atoms with Crippen molar-refractivity contribution in [1.29, 1.82) is 0 Å². The molecule has 3 heterocycles. The normalized spacial score (nSPS) is 16.2. The predicted octanol–water partition coefficient (Wildman–Crippen LogP) is 5.03. The monoisotopic (exact) mass is 589 g/mol. The summed E-state index contributed by atoms with van der Waals surface area (Å²) in [7, 11) is 4.39. The molecule has 4 aromatic rings. The van der Waals surface area contributed by atoms with Gasteiger partial charge in [0.05, 0.1) is 48.2 Å². The van der Waals surface area contributed by atoms with E-state index in [-0.39, 0.29) is 18.2 Å². The van der Waals surface area contributed by atoms with Gasteiger partial charge in [-0.15, -0.1) is 0 Å². The lowest BCUT2D eigenvalue weighted by Gasteiger charge is -2.27. The van der Waals surface area contributed by atoms with E-state index in [2.05, 4.69) is 15.6 Å². The molecule has 42 heavy (non-hydrogen) atoms. The fraction of sp³-hybridized carbons (Fsp3) is 0.207. The Bertz CT molecular complexity index is 1630. The second kappa shape index (κ2) is 12.2. The number of carbonyl (C=O) groups is 1. The zero-order chi connectivity index (χ0) is 29.8. The van der Waals surface area contributed by atoms with Crippen LogP contribution in [0.3, 0.4) is 0 Å². The molecule has 0 aliphatic carbocycles. The minimum absolute atomic E-state index is 0.0954. The van der Waals surface area contributed by atoms with Crippen LogP contribution in [0.25, 0.3) is 11.3 Å². The minimum Gasteiger partial charge on any atom is -0.496 e. The van der Waals surface area contributed by atoms with Crippen LogP contribution < -0.4 is 25.0 Å². The number of rotatable bonds is 10. The van der Waals surface area contributed by atoms with E-state index in [9.17, 15) is 14.9 Å². The molecule has 13 heteroatoms. The number of pyridine rings is 1. The van der Waals surface area contributed by atoms with E-state index in [1.807, 2.05) is 35.2 Å². The van der Waals surface area contributed by atoms with Crippen LogP contribution in [0, 0.1) is 10.1 Å². The molecule has 0 saturated carbocycles. The Balaban J connectivity index is 1.59. The summed E-state index contributed by atoms with van der Waals surface area (Å²) in [5.74, 6) is 1.43. The Morgan fingerprint density at radius 3 is 2.60 bits per heavy atom. The van der Waals surface area contributed by atoms with Crippen molar-refractivity contribution in [2.45, 2.75) is 12.1 Å². The zero-order valence-electron chi connectivity index (χ0n) is 22.9. The minimum atomic E-state index is -0.499. The summed E-state index contributed by atoms with van der Waals surface area (Å²) in [5.41, 5.74) is 2.30. The summed E-state index contributed by atoms with van der Waals surface area (Å²) in [4.78, 5) is 29.6. The molecule has 1 aliphatic heterocycles. The first-order valence-corrected chi connectivity index (χ1v) is 13.2. The lowest BCUT2D eigenvalue weighted by Crippen LogP contribution is -2.29. The van der Waals surface area contributed by atoms with E-state index in [1.54, 1.807) is 30.5 Å². The van der Waals surface area contributed by atoms with Gasteiger partial charge in [0.15, 0.2) is 5.11 Å². The van der Waals surface area contributed by atoms with Crippen LogP contribution in [-0.4, -0.2) is 48.9 Å². The number of nitro groups is 1. The Kier molecular flexibility index (Phi) is 8.31. The van der Waals surface area contributed by atoms with E-state index < -0.39 is 17.0 Å². The number of aromatic nitrogens is 1. The number of carbonyl (C=O) groups excluding carboxylic acids is 1. The van der Waals surface area contributed by atoms with Gasteiger partial charge >= 0.3 is 0 Å². The number of nitrogens with zero attached hydrogens (tertiary/aromatic N) is 3. The number of amides is 1. The number of methoxy groups -OCH3 is 3. The predicted molar refractivity (Wildman–Crippen MR) is 159 cm³/mol. The van der Waals surface area contributed by atoms with E-state index in [0.29, 0.717) is 45.1 Å². The van der Waals surface area contributed by atoms with Gasteiger partial charge in [-0.05, 0) is 60.7 Å². The van der Waals surface area contributed by atoms with Crippen molar-refractivity contribution in [3.8, 4) is 22.8 Å². The third-order valence-corrected chi connectivity index (χ3v) is 7.00. The number of ether oxygens (including phenoxy) is 3. The van der Waals surface area contributed by atoms with Gasteiger partial charge in [0.25, 0.3) is 5.69 Å². The molecule has 2 aromatic heterocycles. The maximum absolute atomic E-state index is 12.3. The summed E-state index contributed by atoms with van der Waals surface area (Å²) < 4.78 is 22.2. The largest absolute Gasteiger partial charge is 0.496 e. The van der Waals surface area contributed by atoms with Crippen LogP contribution in [0.4, 0.5) is 17.1 Å². The van der Waals surface area contributed by atoms with Gasteiger partial charge in [0, 0.05) is 25.1 Å². The van der Waals surface area contributed by atoms with Crippen molar-refractivity contribution in [2.24, 2.45) is 0 Å². The van der Waals surface area contributed by atoms with E-state index in [0.717, 1.165) is 5.69 Å². The van der Waals surface area contributed by atoms with Crippen molar-refractivity contribution >= 4 is 40.3 Å². The van der Waals surface area contributed by atoms with Crippen molar-refractivity contribution in [1.82, 2.24) is 10.3 Å². The topological polar surface area (TPSA) is 141 Å². The molecule has 1 amide bonds. The number of nitro benzene ring substituents is 1. The first kappa shape index (κ1) is 28.5. The van der Waals surface area contributed by atoms with Gasteiger partial charge in [0.1, 0.15) is 35.7 Å². The third-order valence-electron chi connectivity index (χ3n) is 6.69. The first-order chi connectivity index (χ1) is 20.3. The molecule has 1 fully saturated rings. The van der Waals surface area contributed by atoms with Crippen molar-refractivity contribution < 1.29 is 28.3 Å². The lowest BCUT2D eigenvalue weighted by atomic mass is 10.0. The van der Waals surface area contributed by atoms with E-state index in [4.69, 9.17) is 30.8 Å². The molecule has 0 spiro atoms. The number of hydrogen-bond donors (Lipinski definition) is 2. The summed E-state index contributed by atoms with van der Waals surface area (Å²) >= 11 is 5.81. The van der Waals surface area contributed by atoms with Crippen molar-refractivity contribution in [2.75, 3.05) is 38.2 Å². The Labute approximate surface area is 246 Å². The molecule has 12 nitrogen and oxygen atoms in total. The van der Waals surface area contributed by atoms with Gasteiger partial charge < -0.3 is 34.2 Å². The number of non-ortho nitro benzene ring substituents is 1. The van der Waals surface area contributed by atoms with Crippen LogP contribution in [-0.2, 0) is 9.53 Å². The third kappa shape index (κ3) is 5.60. The molecular weight excluding hydrogens is 562 g/mol. The highest BCUT2D eigenvalue weighted by Gasteiger charge is 2.43. The molecular formula is C29H27N5O7S. The highest BCUT2D eigenvalue weighted by atomic mass is 32.1. The van der Waals surface area contributed by atoms with Gasteiger partial charge in [-0.1, -0.05) is 6.07 Å². The average molecular weight is 590 g/mol. The number of hydrogen-bond acceptors (Lipinski definition) is 9. The van der Waals surface area contributed by atoms with Crippen LogP contribution >= 0.6 is 12.2 Å². The molecule has 2 atom stereocenters. The number of furan rings is 1. The number of benzene rings is 2. The molecule has 2 N–H and O–H groups in total. The number of nitrogens with one attached hydrogen (secondary N) is 2. The summed E-state index contributed by atoms with van der Waals surface area (Å²) in [6.07, 6.45) is 1.70. The average Bonchev–Trinajstić information content (AvgIpc) is 3.62. The maximum atomic E-state index is 12.3. The molecule has 1 aliphatic rings. The Morgan fingerprint density at radius 2 is 1.90 bits per heavy atom. The Hall–Kier alpha value is -5.01. The van der Waals surface area contributed by atoms with Crippen molar-refractivity contribution in [3.63, 3.8) is 0 Å². The molecule has 0 unspecified atom stereocenters. The molecule has 2 aromatic carbocycles.